The van der Waals surface area contributed by atoms with Crippen LogP contribution in [0.1, 0.15) is 64.7 Å². The van der Waals surface area contributed by atoms with Crippen LogP contribution in [-0.4, -0.2) is 30.6 Å². The lowest BCUT2D eigenvalue weighted by Gasteiger charge is -2.38. The summed E-state index contributed by atoms with van der Waals surface area (Å²) in [6.07, 6.45) is 12.5. The molecule has 2 rings (SSSR count). The molecule has 0 aliphatic heterocycles. The van der Waals surface area contributed by atoms with Crippen LogP contribution < -0.4 is 5.73 Å². The normalized spacial score (nSPS) is 24.2. The Kier molecular flexibility index (Phi) is 4.87. The van der Waals surface area contributed by atoms with Gasteiger partial charge in [0.05, 0.1) is 0 Å². The summed E-state index contributed by atoms with van der Waals surface area (Å²) in [6, 6.07) is 0.924. The summed E-state index contributed by atoms with van der Waals surface area (Å²) in [5.41, 5.74) is 6.57. The number of hydrogen-bond donors (Lipinski definition) is 1. The second-order valence-electron chi connectivity index (χ2n) is 6.28. The number of nitrogens with two attached hydrogens (primary N) is 1. The molecule has 0 aromatic heterocycles. The summed E-state index contributed by atoms with van der Waals surface area (Å²) in [5.74, 6) is 0. The van der Waals surface area contributed by atoms with Gasteiger partial charge in [-0.2, -0.15) is 0 Å². The molecule has 0 aromatic rings. The molecule has 2 saturated carbocycles. The molecule has 0 radical (unpaired) electrons. The highest BCUT2D eigenvalue weighted by molar-refractivity contribution is 4.88. The Balaban J connectivity index is 1.80. The second-order valence-corrected chi connectivity index (χ2v) is 6.28. The Hall–Kier alpha value is -0.0800. The molecule has 0 aromatic carbocycles. The van der Waals surface area contributed by atoms with Crippen molar-refractivity contribution in [2.75, 3.05) is 19.6 Å². The summed E-state index contributed by atoms with van der Waals surface area (Å²) < 4.78 is 0. The molecule has 2 N–H and O–H groups in total. The minimum absolute atomic E-state index is 0.499. The topological polar surface area (TPSA) is 29.3 Å². The van der Waals surface area contributed by atoms with Crippen molar-refractivity contribution in [3.8, 4) is 0 Å². The van der Waals surface area contributed by atoms with E-state index in [1.807, 2.05) is 0 Å². The number of rotatable bonds is 7. The molecule has 17 heavy (non-hydrogen) atoms. The van der Waals surface area contributed by atoms with E-state index in [0.29, 0.717) is 5.41 Å². The highest BCUT2D eigenvalue weighted by Crippen LogP contribution is 2.39. The molecule has 0 atom stereocenters. The van der Waals surface area contributed by atoms with Crippen molar-refractivity contribution >= 4 is 0 Å². The van der Waals surface area contributed by atoms with Crippen molar-refractivity contribution in [3.05, 3.63) is 0 Å². The molecule has 0 unspecified atom stereocenters. The first-order valence-electron chi connectivity index (χ1n) is 7.74. The predicted octanol–water partition coefficient (Wildman–Crippen LogP) is 3.16. The third kappa shape index (κ3) is 3.69. The third-order valence-corrected chi connectivity index (χ3v) is 4.85. The number of nitrogens with zero attached hydrogens (tertiary/aromatic N) is 1. The van der Waals surface area contributed by atoms with Crippen molar-refractivity contribution in [3.63, 3.8) is 0 Å². The van der Waals surface area contributed by atoms with Gasteiger partial charge in [-0.15, -0.1) is 0 Å². The lowest BCUT2D eigenvalue weighted by Crippen LogP contribution is -2.38. The van der Waals surface area contributed by atoms with Crippen molar-refractivity contribution in [2.45, 2.75) is 70.8 Å². The van der Waals surface area contributed by atoms with Gasteiger partial charge in [0.2, 0.25) is 0 Å². The molecule has 0 bridgehead atoms. The maximum absolute atomic E-state index is 6.07. The standard InChI is InChI=1S/C15H30N2/c1-2-11-17(14-6-7-14)12-10-15(13-16)8-4-3-5-9-15/h14H,2-13,16H2,1H3. The van der Waals surface area contributed by atoms with Gasteiger partial charge in [-0.25, -0.2) is 0 Å². The van der Waals surface area contributed by atoms with E-state index < -0.39 is 0 Å². The summed E-state index contributed by atoms with van der Waals surface area (Å²) in [7, 11) is 0. The van der Waals surface area contributed by atoms with E-state index in [1.165, 1.54) is 70.9 Å². The SMILES string of the molecule is CCCN(CCC1(CN)CCCCC1)C1CC1. The van der Waals surface area contributed by atoms with Crippen LogP contribution in [0.15, 0.2) is 0 Å². The van der Waals surface area contributed by atoms with Crippen molar-refractivity contribution in [1.29, 1.82) is 0 Å². The zero-order valence-electron chi connectivity index (χ0n) is 11.6. The molecule has 0 amide bonds. The van der Waals surface area contributed by atoms with Gasteiger partial charge in [0.1, 0.15) is 0 Å². The zero-order chi connectivity index (χ0) is 12.1. The van der Waals surface area contributed by atoms with Gasteiger partial charge >= 0.3 is 0 Å². The fraction of sp³-hybridized carbons (Fsp3) is 1.00. The predicted molar refractivity (Wildman–Crippen MR) is 74.1 cm³/mol. The van der Waals surface area contributed by atoms with E-state index >= 15 is 0 Å². The fourth-order valence-electron chi connectivity index (χ4n) is 3.44. The van der Waals surface area contributed by atoms with Gasteiger partial charge < -0.3 is 10.6 Å². The summed E-state index contributed by atoms with van der Waals surface area (Å²) in [5, 5.41) is 0. The molecule has 2 aliphatic rings. The first-order chi connectivity index (χ1) is 8.29. The molecule has 2 fully saturated rings. The molecular formula is C15H30N2. The Bertz CT molecular complexity index is 217. The Morgan fingerprint density at radius 3 is 2.35 bits per heavy atom. The first-order valence-corrected chi connectivity index (χ1v) is 7.74. The lowest BCUT2D eigenvalue weighted by atomic mass is 9.72. The minimum Gasteiger partial charge on any atom is -0.330 e. The van der Waals surface area contributed by atoms with E-state index in [9.17, 15) is 0 Å². The van der Waals surface area contributed by atoms with Gasteiger partial charge in [0, 0.05) is 6.04 Å². The summed E-state index contributed by atoms with van der Waals surface area (Å²) in [6.45, 7) is 5.81. The first kappa shape index (κ1) is 13.4. The largest absolute Gasteiger partial charge is 0.330 e. The zero-order valence-corrected chi connectivity index (χ0v) is 11.6. The molecule has 2 nitrogen and oxygen atoms in total. The van der Waals surface area contributed by atoms with Crippen LogP contribution in [0.3, 0.4) is 0 Å². The van der Waals surface area contributed by atoms with Crippen molar-refractivity contribution in [1.82, 2.24) is 4.90 Å². The maximum Gasteiger partial charge on any atom is 0.00964 e. The third-order valence-electron chi connectivity index (χ3n) is 4.85. The van der Waals surface area contributed by atoms with Crippen LogP contribution in [0.25, 0.3) is 0 Å². The van der Waals surface area contributed by atoms with Gasteiger partial charge in [-0.3, -0.25) is 0 Å². The number of hydrogen-bond acceptors (Lipinski definition) is 2. The van der Waals surface area contributed by atoms with Crippen LogP contribution in [-0.2, 0) is 0 Å². The average Bonchev–Trinajstić information content (AvgIpc) is 3.20. The molecule has 0 spiro atoms. The summed E-state index contributed by atoms with van der Waals surface area (Å²) >= 11 is 0. The maximum atomic E-state index is 6.07. The van der Waals surface area contributed by atoms with Crippen LogP contribution in [0.4, 0.5) is 0 Å². The van der Waals surface area contributed by atoms with Gasteiger partial charge in [0.25, 0.3) is 0 Å². The van der Waals surface area contributed by atoms with Crippen LogP contribution in [0.2, 0.25) is 0 Å². The molecule has 2 heteroatoms. The lowest BCUT2D eigenvalue weighted by molar-refractivity contribution is 0.143. The smallest absolute Gasteiger partial charge is 0.00964 e. The summed E-state index contributed by atoms with van der Waals surface area (Å²) in [4.78, 5) is 2.73. The van der Waals surface area contributed by atoms with Crippen LogP contribution in [0.5, 0.6) is 0 Å². The van der Waals surface area contributed by atoms with E-state index in [-0.39, 0.29) is 0 Å². The van der Waals surface area contributed by atoms with E-state index in [4.69, 9.17) is 5.73 Å². The minimum atomic E-state index is 0.499. The van der Waals surface area contributed by atoms with Gasteiger partial charge in [-0.05, 0) is 63.6 Å². The van der Waals surface area contributed by atoms with E-state index in [2.05, 4.69) is 11.8 Å². The highest BCUT2D eigenvalue weighted by Gasteiger charge is 2.33. The molecular weight excluding hydrogens is 208 g/mol. The van der Waals surface area contributed by atoms with E-state index in [1.54, 1.807) is 0 Å². The van der Waals surface area contributed by atoms with Crippen molar-refractivity contribution < 1.29 is 0 Å². The molecule has 2 aliphatic carbocycles. The monoisotopic (exact) mass is 238 g/mol. The average molecular weight is 238 g/mol. The molecule has 0 heterocycles. The van der Waals surface area contributed by atoms with Gasteiger partial charge in [-0.1, -0.05) is 26.2 Å². The molecule has 100 valence electrons. The van der Waals surface area contributed by atoms with Crippen LogP contribution >= 0.6 is 0 Å². The fourth-order valence-corrected chi connectivity index (χ4v) is 3.44. The molecule has 0 saturated heterocycles. The quantitative estimate of drug-likeness (QED) is 0.738. The second kappa shape index (κ2) is 6.19. The Labute approximate surface area is 107 Å². The van der Waals surface area contributed by atoms with Crippen molar-refractivity contribution in [2.24, 2.45) is 11.1 Å². The Morgan fingerprint density at radius 2 is 1.82 bits per heavy atom. The van der Waals surface area contributed by atoms with Crippen LogP contribution in [0, 0.1) is 5.41 Å². The highest BCUT2D eigenvalue weighted by atomic mass is 15.2. The Morgan fingerprint density at radius 1 is 1.12 bits per heavy atom. The van der Waals surface area contributed by atoms with E-state index in [0.717, 1.165) is 12.6 Å². The van der Waals surface area contributed by atoms with Gasteiger partial charge in [0.15, 0.2) is 0 Å².